The number of anilines is 2. The van der Waals surface area contributed by atoms with Crippen molar-refractivity contribution in [1.29, 1.82) is 0 Å². The lowest BCUT2D eigenvalue weighted by Crippen LogP contribution is -2.22. The predicted molar refractivity (Wildman–Crippen MR) is 107 cm³/mol. The summed E-state index contributed by atoms with van der Waals surface area (Å²) < 4.78 is 0. The first-order valence-electron chi connectivity index (χ1n) is 8.58. The lowest BCUT2D eigenvalue weighted by atomic mass is 10.1. The van der Waals surface area contributed by atoms with Crippen LogP contribution >= 0.6 is 11.6 Å². The van der Waals surface area contributed by atoms with Gasteiger partial charge in [0.2, 0.25) is 5.91 Å². The van der Waals surface area contributed by atoms with Gasteiger partial charge in [-0.1, -0.05) is 23.7 Å². The van der Waals surface area contributed by atoms with Crippen LogP contribution in [0.2, 0.25) is 5.02 Å². The van der Waals surface area contributed by atoms with Gasteiger partial charge >= 0.3 is 0 Å². The molecule has 0 aliphatic heterocycles. The van der Waals surface area contributed by atoms with E-state index in [1.807, 2.05) is 42.3 Å². The van der Waals surface area contributed by atoms with E-state index in [-0.39, 0.29) is 12.3 Å². The van der Waals surface area contributed by atoms with Crippen LogP contribution in [0.3, 0.4) is 0 Å². The fourth-order valence-electron chi connectivity index (χ4n) is 2.53. The lowest BCUT2D eigenvalue weighted by molar-refractivity contribution is -0.115. The van der Waals surface area contributed by atoms with Crippen LogP contribution in [0.1, 0.15) is 11.1 Å². The summed E-state index contributed by atoms with van der Waals surface area (Å²) in [6.45, 7) is 0.807. The Kier molecular flexibility index (Phi) is 6.33. The minimum atomic E-state index is -0.148. The number of nitrogens with one attached hydrogen (secondary N) is 1. The number of rotatable bonds is 7. The van der Waals surface area contributed by atoms with Crippen molar-refractivity contribution in [2.45, 2.75) is 12.8 Å². The van der Waals surface area contributed by atoms with Crippen molar-refractivity contribution >= 4 is 29.1 Å². The SMILES string of the molecule is CN(CCc1ccncc1)c1ccc(NC(=O)Cc2ccc(Cl)cc2)nn1. The molecule has 3 rings (SSSR count). The summed E-state index contributed by atoms with van der Waals surface area (Å²) in [4.78, 5) is 18.2. The van der Waals surface area contributed by atoms with E-state index < -0.39 is 0 Å². The van der Waals surface area contributed by atoms with E-state index in [0.29, 0.717) is 10.8 Å². The van der Waals surface area contributed by atoms with Gasteiger partial charge in [-0.2, -0.15) is 0 Å². The molecular weight excluding hydrogens is 362 g/mol. The second-order valence-corrected chi connectivity index (χ2v) is 6.59. The van der Waals surface area contributed by atoms with Crippen molar-refractivity contribution in [2.75, 3.05) is 23.8 Å². The summed E-state index contributed by atoms with van der Waals surface area (Å²) in [5.74, 6) is 1.03. The van der Waals surface area contributed by atoms with Gasteiger partial charge in [-0.05, 0) is 53.9 Å². The molecule has 138 valence electrons. The normalized spacial score (nSPS) is 10.4. The summed E-state index contributed by atoms with van der Waals surface area (Å²) in [7, 11) is 1.96. The van der Waals surface area contributed by atoms with Crippen LogP contribution in [-0.2, 0) is 17.6 Å². The zero-order valence-electron chi connectivity index (χ0n) is 15.0. The van der Waals surface area contributed by atoms with Crippen molar-refractivity contribution in [3.63, 3.8) is 0 Å². The van der Waals surface area contributed by atoms with Crippen molar-refractivity contribution in [3.05, 3.63) is 77.1 Å². The van der Waals surface area contributed by atoms with Gasteiger partial charge < -0.3 is 10.2 Å². The van der Waals surface area contributed by atoms with Gasteiger partial charge in [0.15, 0.2) is 11.6 Å². The predicted octanol–water partition coefficient (Wildman–Crippen LogP) is 3.39. The number of benzene rings is 1. The summed E-state index contributed by atoms with van der Waals surface area (Å²) in [5, 5.41) is 11.7. The smallest absolute Gasteiger partial charge is 0.229 e. The first-order chi connectivity index (χ1) is 13.1. The Balaban J connectivity index is 1.51. The van der Waals surface area contributed by atoms with E-state index in [2.05, 4.69) is 20.5 Å². The van der Waals surface area contributed by atoms with Crippen LogP contribution in [0.5, 0.6) is 0 Å². The van der Waals surface area contributed by atoms with Gasteiger partial charge in [0.25, 0.3) is 0 Å². The average molecular weight is 382 g/mol. The van der Waals surface area contributed by atoms with Crippen molar-refractivity contribution in [1.82, 2.24) is 15.2 Å². The molecule has 0 atom stereocenters. The molecule has 0 radical (unpaired) electrons. The molecule has 1 N–H and O–H groups in total. The third-order valence-corrected chi connectivity index (χ3v) is 4.32. The molecule has 6 nitrogen and oxygen atoms in total. The van der Waals surface area contributed by atoms with Crippen LogP contribution in [0, 0.1) is 0 Å². The van der Waals surface area contributed by atoms with Crippen LogP contribution < -0.4 is 10.2 Å². The highest BCUT2D eigenvalue weighted by atomic mass is 35.5. The Morgan fingerprint density at radius 2 is 1.74 bits per heavy atom. The Morgan fingerprint density at radius 1 is 1.00 bits per heavy atom. The highest BCUT2D eigenvalue weighted by Gasteiger charge is 2.08. The van der Waals surface area contributed by atoms with E-state index in [4.69, 9.17) is 11.6 Å². The fourth-order valence-corrected chi connectivity index (χ4v) is 2.66. The monoisotopic (exact) mass is 381 g/mol. The van der Waals surface area contributed by atoms with E-state index in [1.54, 1.807) is 30.6 Å². The van der Waals surface area contributed by atoms with Gasteiger partial charge in [-0.15, -0.1) is 10.2 Å². The Labute approximate surface area is 163 Å². The molecule has 0 aliphatic rings. The summed E-state index contributed by atoms with van der Waals surface area (Å²) in [6.07, 6.45) is 4.72. The number of nitrogens with zero attached hydrogens (tertiary/aromatic N) is 4. The number of amides is 1. The molecule has 0 fully saturated rings. The molecule has 0 saturated carbocycles. The van der Waals surface area contributed by atoms with Gasteiger partial charge in [-0.25, -0.2) is 0 Å². The first kappa shape index (κ1) is 18.8. The zero-order chi connectivity index (χ0) is 19.1. The molecule has 0 saturated heterocycles. The molecule has 0 unspecified atom stereocenters. The lowest BCUT2D eigenvalue weighted by Gasteiger charge is -2.17. The first-order valence-corrected chi connectivity index (χ1v) is 8.96. The number of pyridine rings is 1. The molecule has 27 heavy (non-hydrogen) atoms. The third-order valence-electron chi connectivity index (χ3n) is 4.07. The largest absolute Gasteiger partial charge is 0.358 e. The van der Waals surface area contributed by atoms with Crippen LogP contribution in [0.4, 0.5) is 11.6 Å². The van der Waals surface area contributed by atoms with Gasteiger partial charge in [0, 0.05) is 31.0 Å². The minimum absolute atomic E-state index is 0.148. The molecule has 1 amide bonds. The standard InChI is InChI=1S/C20H20ClN5O/c1-26(13-10-15-8-11-22-12-9-15)19-7-6-18(24-25-19)23-20(27)14-16-2-4-17(21)5-3-16/h2-9,11-12H,10,13-14H2,1H3,(H,23,24,27). The van der Waals surface area contributed by atoms with E-state index >= 15 is 0 Å². The summed E-state index contributed by atoms with van der Waals surface area (Å²) in [5.41, 5.74) is 2.10. The van der Waals surface area contributed by atoms with Crippen molar-refractivity contribution in [3.8, 4) is 0 Å². The number of halogens is 1. The minimum Gasteiger partial charge on any atom is -0.358 e. The van der Waals surface area contributed by atoms with Gasteiger partial charge in [0.05, 0.1) is 6.42 Å². The fraction of sp³-hybridized carbons (Fsp3) is 0.200. The van der Waals surface area contributed by atoms with E-state index in [9.17, 15) is 4.79 Å². The second kappa shape index (κ2) is 9.09. The van der Waals surface area contributed by atoms with Crippen molar-refractivity contribution < 1.29 is 4.79 Å². The average Bonchev–Trinajstić information content (AvgIpc) is 2.69. The highest BCUT2D eigenvalue weighted by Crippen LogP contribution is 2.13. The van der Waals surface area contributed by atoms with Crippen LogP contribution in [-0.4, -0.2) is 34.7 Å². The van der Waals surface area contributed by atoms with Crippen molar-refractivity contribution in [2.24, 2.45) is 0 Å². The van der Waals surface area contributed by atoms with Gasteiger partial charge in [-0.3, -0.25) is 9.78 Å². The molecule has 1 aromatic carbocycles. The molecule has 7 heteroatoms. The molecule has 0 aliphatic carbocycles. The maximum Gasteiger partial charge on any atom is 0.229 e. The third kappa shape index (κ3) is 5.76. The Hall–Kier alpha value is -2.99. The Morgan fingerprint density at radius 3 is 2.41 bits per heavy atom. The number of hydrogen-bond acceptors (Lipinski definition) is 5. The van der Waals surface area contributed by atoms with Crippen LogP contribution in [0.25, 0.3) is 0 Å². The molecule has 0 spiro atoms. The Bertz CT molecular complexity index is 869. The number of aromatic nitrogens is 3. The molecule has 2 aromatic heterocycles. The number of carbonyl (C=O) groups excluding carboxylic acids is 1. The summed E-state index contributed by atoms with van der Waals surface area (Å²) >= 11 is 5.85. The molecule has 3 aromatic rings. The number of carbonyl (C=O) groups is 1. The number of hydrogen-bond donors (Lipinski definition) is 1. The van der Waals surface area contributed by atoms with E-state index in [0.717, 1.165) is 24.3 Å². The number of likely N-dealkylation sites (N-methyl/N-ethyl adjacent to an activating group) is 1. The highest BCUT2D eigenvalue weighted by molar-refractivity contribution is 6.30. The maximum absolute atomic E-state index is 12.1. The zero-order valence-corrected chi connectivity index (χ0v) is 15.7. The maximum atomic E-state index is 12.1. The van der Waals surface area contributed by atoms with Gasteiger partial charge in [0.1, 0.15) is 0 Å². The molecular formula is C20H20ClN5O. The van der Waals surface area contributed by atoms with Crippen LogP contribution in [0.15, 0.2) is 60.9 Å². The molecule has 0 bridgehead atoms. The topological polar surface area (TPSA) is 71.0 Å². The quantitative estimate of drug-likeness (QED) is 0.679. The second-order valence-electron chi connectivity index (χ2n) is 6.16. The summed E-state index contributed by atoms with van der Waals surface area (Å²) in [6, 6.07) is 14.8. The van der Waals surface area contributed by atoms with E-state index in [1.165, 1.54) is 5.56 Å². The molecule has 2 heterocycles.